The molecule has 21 heavy (non-hydrogen) atoms. The molecule has 2 aromatic rings. The number of hydrogen-bond acceptors (Lipinski definition) is 5. The topological polar surface area (TPSA) is 59.1 Å². The van der Waals surface area contributed by atoms with E-state index in [1.807, 2.05) is 37.3 Å². The van der Waals surface area contributed by atoms with Gasteiger partial charge in [0.1, 0.15) is 11.6 Å². The largest absolute Gasteiger partial charge is 0.497 e. The minimum atomic E-state index is 0.666. The molecule has 0 atom stereocenters. The lowest BCUT2D eigenvalue weighted by atomic mass is 10.3. The van der Waals surface area contributed by atoms with E-state index in [1.54, 1.807) is 7.11 Å². The summed E-state index contributed by atoms with van der Waals surface area (Å²) in [6.45, 7) is 5.02. The second kappa shape index (κ2) is 7.47. The maximum absolute atomic E-state index is 5.15. The highest BCUT2D eigenvalue weighted by atomic mass is 16.5. The zero-order valence-electron chi connectivity index (χ0n) is 12.8. The van der Waals surface area contributed by atoms with Crippen molar-refractivity contribution in [2.45, 2.75) is 26.7 Å². The first kappa shape index (κ1) is 15.1. The molecule has 2 rings (SSSR count). The van der Waals surface area contributed by atoms with Crippen LogP contribution in [0, 0.1) is 6.92 Å². The fourth-order valence-corrected chi connectivity index (χ4v) is 1.91. The Morgan fingerprint density at radius 1 is 1.14 bits per heavy atom. The molecule has 0 saturated heterocycles. The van der Waals surface area contributed by atoms with E-state index in [9.17, 15) is 0 Å². The lowest BCUT2D eigenvalue weighted by molar-refractivity contribution is 0.415. The first-order chi connectivity index (χ1) is 10.2. The standard InChI is InChI=1S/C16H22N4O/c1-4-5-10-17-16-18-12(2)11-15(20-16)19-13-6-8-14(21-3)9-7-13/h6-9,11H,4-5,10H2,1-3H3,(H2,17,18,19,20). The summed E-state index contributed by atoms with van der Waals surface area (Å²) in [6, 6.07) is 9.67. The van der Waals surface area contributed by atoms with E-state index in [-0.39, 0.29) is 0 Å². The number of nitrogens with one attached hydrogen (secondary N) is 2. The van der Waals surface area contributed by atoms with E-state index >= 15 is 0 Å². The molecular weight excluding hydrogens is 264 g/mol. The highest BCUT2D eigenvalue weighted by molar-refractivity contribution is 5.58. The Morgan fingerprint density at radius 2 is 1.90 bits per heavy atom. The Labute approximate surface area is 125 Å². The van der Waals surface area contributed by atoms with Crippen molar-refractivity contribution in [3.8, 4) is 5.75 Å². The van der Waals surface area contributed by atoms with E-state index in [0.717, 1.165) is 42.3 Å². The molecule has 1 aromatic heterocycles. The van der Waals surface area contributed by atoms with Crippen LogP contribution in [-0.4, -0.2) is 23.6 Å². The molecule has 0 aliphatic rings. The van der Waals surface area contributed by atoms with Crippen LogP contribution in [0.15, 0.2) is 30.3 Å². The van der Waals surface area contributed by atoms with Crippen molar-refractivity contribution in [2.75, 3.05) is 24.3 Å². The summed E-state index contributed by atoms with van der Waals surface area (Å²) in [6.07, 6.45) is 2.26. The Bertz CT molecular complexity index is 569. The third-order valence-electron chi connectivity index (χ3n) is 3.03. The van der Waals surface area contributed by atoms with Gasteiger partial charge in [0.2, 0.25) is 5.95 Å². The molecular formula is C16H22N4O. The highest BCUT2D eigenvalue weighted by Gasteiger charge is 2.02. The Balaban J connectivity index is 2.07. The van der Waals surface area contributed by atoms with Crippen molar-refractivity contribution in [3.05, 3.63) is 36.0 Å². The SMILES string of the molecule is CCCCNc1nc(C)cc(Nc2ccc(OC)cc2)n1. The lowest BCUT2D eigenvalue weighted by Gasteiger charge is -2.10. The molecule has 112 valence electrons. The van der Waals surface area contributed by atoms with Gasteiger partial charge in [-0.15, -0.1) is 0 Å². The van der Waals surface area contributed by atoms with Crippen LogP contribution >= 0.6 is 0 Å². The predicted molar refractivity (Wildman–Crippen MR) is 86.4 cm³/mol. The van der Waals surface area contributed by atoms with Crippen molar-refractivity contribution in [3.63, 3.8) is 0 Å². The maximum Gasteiger partial charge on any atom is 0.224 e. The van der Waals surface area contributed by atoms with Gasteiger partial charge in [-0.1, -0.05) is 13.3 Å². The van der Waals surface area contributed by atoms with Crippen LogP contribution < -0.4 is 15.4 Å². The molecule has 1 aromatic carbocycles. The van der Waals surface area contributed by atoms with Gasteiger partial charge >= 0.3 is 0 Å². The average Bonchev–Trinajstić information content (AvgIpc) is 2.48. The monoisotopic (exact) mass is 286 g/mol. The third-order valence-corrected chi connectivity index (χ3v) is 3.03. The van der Waals surface area contributed by atoms with Gasteiger partial charge in [-0.2, -0.15) is 4.98 Å². The number of anilines is 3. The van der Waals surface area contributed by atoms with Crippen LogP contribution in [0.3, 0.4) is 0 Å². The van der Waals surface area contributed by atoms with Gasteiger partial charge in [-0.25, -0.2) is 4.98 Å². The second-order valence-corrected chi connectivity index (χ2v) is 4.85. The van der Waals surface area contributed by atoms with Crippen molar-refractivity contribution in [2.24, 2.45) is 0 Å². The fourth-order valence-electron chi connectivity index (χ4n) is 1.91. The van der Waals surface area contributed by atoms with Crippen molar-refractivity contribution in [1.82, 2.24) is 9.97 Å². The van der Waals surface area contributed by atoms with E-state index < -0.39 is 0 Å². The first-order valence-corrected chi connectivity index (χ1v) is 7.22. The molecule has 0 radical (unpaired) electrons. The zero-order valence-corrected chi connectivity index (χ0v) is 12.8. The molecule has 0 aliphatic heterocycles. The quantitative estimate of drug-likeness (QED) is 0.759. The van der Waals surface area contributed by atoms with Crippen LogP contribution in [0.5, 0.6) is 5.75 Å². The molecule has 0 amide bonds. The molecule has 5 nitrogen and oxygen atoms in total. The average molecular weight is 286 g/mol. The molecule has 0 unspecified atom stereocenters. The molecule has 0 aliphatic carbocycles. The van der Waals surface area contributed by atoms with Crippen molar-refractivity contribution >= 4 is 17.5 Å². The molecule has 2 N–H and O–H groups in total. The zero-order chi connectivity index (χ0) is 15.1. The molecule has 0 bridgehead atoms. The smallest absolute Gasteiger partial charge is 0.224 e. The minimum absolute atomic E-state index is 0.666. The summed E-state index contributed by atoms with van der Waals surface area (Å²) < 4.78 is 5.15. The number of unbranched alkanes of at least 4 members (excludes halogenated alkanes) is 1. The highest BCUT2D eigenvalue weighted by Crippen LogP contribution is 2.19. The van der Waals surface area contributed by atoms with Gasteiger partial charge in [0.25, 0.3) is 0 Å². The predicted octanol–water partition coefficient (Wildman–Crippen LogP) is 3.75. The van der Waals surface area contributed by atoms with Crippen molar-refractivity contribution < 1.29 is 4.74 Å². The molecule has 0 saturated carbocycles. The van der Waals surface area contributed by atoms with Gasteiger partial charge in [0.05, 0.1) is 7.11 Å². The van der Waals surface area contributed by atoms with E-state index in [2.05, 4.69) is 27.5 Å². The molecule has 0 fully saturated rings. The van der Waals surface area contributed by atoms with Crippen LogP contribution in [-0.2, 0) is 0 Å². The molecule has 5 heteroatoms. The summed E-state index contributed by atoms with van der Waals surface area (Å²) in [5.41, 5.74) is 1.90. The second-order valence-electron chi connectivity index (χ2n) is 4.85. The summed E-state index contributed by atoms with van der Waals surface area (Å²) in [4.78, 5) is 8.87. The van der Waals surface area contributed by atoms with E-state index in [4.69, 9.17) is 4.74 Å². The number of rotatable bonds is 7. The Morgan fingerprint density at radius 3 is 2.57 bits per heavy atom. The number of ether oxygens (including phenoxy) is 1. The number of aryl methyl sites for hydroxylation is 1. The number of methoxy groups -OCH3 is 1. The normalized spacial score (nSPS) is 10.2. The van der Waals surface area contributed by atoms with Crippen molar-refractivity contribution in [1.29, 1.82) is 0 Å². The summed E-state index contributed by atoms with van der Waals surface area (Å²) in [7, 11) is 1.66. The lowest BCUT2D eigenvalue weighted by Crippen LogP contribution is -2.07. The molecule has 0 spiro atoms. The summed E-state index contributed by atoms with van der Waals surface area (Å²) >= 11 is 0. The first-order valence-electron chi connectivity index (χ1n) is 7.22. The van der Waals surface area contributed by atoms with E-state index in [1.165, 1.54) is 0 Å². The van der Waals surface area contributed by atoms with Gasteiger partial charge < -0.3 is 15.4 Å². The Hall–Kier alpha value is -2.30. The Kier molecular flexibility index (Phi) is 5.37. The van der Waals surface area contributed by atoms with Crippen LogP contribution in [0.2, 0.25) is 0 Å². The molecule has 1 heterocycles. The van der Waals surface area contributed by atoms with Gasteiger partial charge in [-0.3, -0.25) is 0 Å². The fraction of sp³-hybridized carbons (Fsp3) is 0.375. The summed E-state index contributed by atoms with van der Waals surface area (Å²) in [5.74, 6) is 2.28. The number of nitrogens with zero attached hydrogens (tertiary/aromatic N) is 2. The number of aromatic nitrogens is 2. The van der Waals surface area contributed by atoms with Crippen LogP contribution in [0.4, 0.5) is 17.5 Å². The van der Waals surface area contributed by atoms with Crippen LogP contribution in [0.1, 0.15) is 25.5 Å². The minimum Gasteiger partial charge on any atom is -0.497 e. The van der Waals surface area contributed by atoms with Gasteiger partial charge in [0.15, 0.2) is 0 Å². The van der Waals surface area contributed by atoms with Crippen LogP contribution in [0.25, 0.3) is 0 Å². The maximum atomic E-state index is 5.15. The summed E-state index contributed by atoms with van der Waals surface area (Å²) in [5, 5.41) is 6.53. The number of hydrogen-bond donors (Lipinski definition) is 2. The third kappa shape index (κ3) is 4.63. The number of benzene rings is 1. The van der Waals surface area contributed by atoms with Gasteiger partial charge in [-0.05, 0) is 37.6 Å². The van der Waals surface area contributed by atoms with E-state index in [0.29, 0.717) is 5.95 Å². The van der Waals surface area contributed by atoms with Gasteiger partial charge in [0, 0.05) is 24.0 Å².